The molecular formula is C23H39IN4O3. The Morgan fingerprint density at radius 1 is 1.16 bits per heavy atom. The number of hydrogen-bond acceptors (Lipinski definition) is 5. The summed E-state index contributed by atoms with van der Waals surface area (Å²) < 4.78 is 17.3. The minimum Gasteiger partial charge on any atom is -0.474 e. The molecule has 1 aromatic heterocycles. The molecule has 3 rings (SSSR count). The molecule has 0 radical (unpaired) electrons. The topological polar surface area (TPSA) is 77.0 Å². The maximum Gasteiger partial charge on any atom is 0.213 e. The van der Waals surface area contributed by atoms with Crippen LogP contribution >= 0.6 is 24.0 Å². The average Bonchev–Trinajstić information content (AvgIpc) is 2.80. The highest BCUT2D eigenvalue weighted by Crippen LogP contribution is 2.22. The van der Waals surface area contributed by atoms with Crippen LogP contribution in [-0.2, 0) is 16.0 Å². The van der Waals surface area contributed by atoms with Crippen LogP contribution in [0.3, 0.4) is 0 Å². The third kappa shape index (κ3) is 10.4. The summed E-state index contributed by atoms with van der Waals surface area (Å²) in [6.45, 7) is 4.90. The highest BCUT2D eigenvalue weighted by Gasteiger charge is 2.15. The molecule has 1 aromatic rings. The largest absolute Gasteiger partial charge is 0.474 e. The monoisotopic (exact) mass is 546 g/mol. The lowest BCUT2D eigenvalue weighted by molar-refractivity contribution is 0.0203. The van der Waals surface area contributed by atoms with E-state index in [-0.39, 0.29) is 24.0 Å². The fraction of sp³-hybridized carbons (Fsp3) is 0.739. The van der Waals surface area contributed by atoms with Crippen LogP contribution in [0.5, 0.6) is 5.88 Å². The Labute approximate surface area is 204 Å². The van der Waals surface area contributed by atoms with E-state index in [1.807, 2.05) is 18.3 Å². The Bertz CT molecular complexity index is 635. The van der Waals surface area contributed by atoms with Gasteiger partial charge >= 0.3 is 0 Å². The summed E-state index contributed by atoms with van der Waals surface area (Å²) in [5, 5.41) is 6.71. The van der Waals surface area contributed by atoms with Crippen LogP contribution in [0.15, 0.2) is 23.3 Å². The number of ether oxygens (including phenoxy) is 3. The molecule has 2 aliphatic rings. The Kier molecular flexibility index (Phi) is 13.2. The van der Waals surface area contributed by atoms with Gasteiger partial charge in [-0.2, -0.15) is 0 Å². The molecule has 0 unspecified atom stereocenters. The van der Waals surface area contributed by atoms with Crippen LogP contribution in [0.2, 0.25) is 0 Å². The van der Waals surface area contributed by atoms with Crippen LogP contribution in [0.25, 0.3) is 0 Å². The molecule has 31 heavy (non-hydrogen) atoms. The summed E-state index contributed by atoms with van der Waals surface area (Å²) in [4.78, 5) is 8.68. The van der Waals surface area contributed by atoms with Gasteiger partial charge in [-0.3, -0.25) is 4.99 Å². The molecule has 176 valence electrons. The fourth-order valence-corrected chi connectivity index (χ4v) is 3.93. The second kappa shape index (κ2) is 15.6. The van der Waals surface area contributed by atoms with E-state index in [0.717, 1.165) is 82.5 Å². The molecule has 0 spiro atoms. The van der Waals surface area contributed by atoms with Gasteiger partial charge in [-0.1, -0.05) is 6.42 Å². The first kappa shape index (κ1) is 26.1. The normalized spacial score (nSPS) is 18.3. The Morgan fingerprint density at radius 3 is 2.74 bits per heavy atom. The van der Waals surface area contributed by atoms with Crippen molar-refractivity contribution in [3.05, 3.63) is 23.9 Å². The number of aromatic nitrogens is 1. The van der Waals surface area contributed by atoms with E-state index in [4.69, 9.17) is 14.2 Å². The zero-order valence-corrected chi connectivity index (χ0v) is 21.1. The van der Waals surface area contributed by atoms with Crippen molar-refractivity contribution >= 4 is 29.9 Å². The van der Waals surface area contributed by atoms with E-state index in [1.165, 1.54) is 19.3 Å². The van der Waals surface area contributed by atoms with Gasteiger partial charge < -0.3 is 24.8 Å². The quantitative estimate of drug-likeness (QED) is 0.201. The average molecular weight is 546 g/mol. The molecule has 1 aliphatic heterocycles. The second-order valence-electron chi connectivity index (χ2n) is 8.22. The third-order valence-electron chi connectivity index (χ3n) is 5.77. The Balaban J connectivity index is 0.00000341. The molecule has 0 atom stereocenters. The van der Waals surface area contributed by atoms with Gasteiger partial charge in [0.1, 0.15) is 6.10 Å². The maximum atomic E-state index is 6.07. The van der Waals surface area contributed by atoms with E-state index < -0.39 is 0 Å². The summed E-state index contributed by atoms with van der Waals surface area (Å²) in [6, 6.07) is 4.04. The number of hydrogen-bond donors (Lipinski definition) is 2. The molecule has 2 N–H and O–H groups in total. The van der Waals surface area contributed by atoms with Gasteiger partial charge in [0.25, 0.3) is 0 Å². The maximum absolute atomic E-state index is 6.07. The summed E-state index contributed by atoms with van der Waals surface area (Å²) in [5.74, 6) is 2.19. The Hall–Kier alpha value is -1.13. The number of pyridine rings is 1. The number of rotatable bonds is 10. The van der Waals surface area contributed by atoms with Crippen molar-refractivity contribution in [2.24, 2.45) is 10.9 Å². The lowest BCUT2D eigenvalue weighted by Crippen LogP contribution is -2.37. The van der Waals surface area contributed by atoms with E-state index in [2.05, 4.69) is 20.6 Å². The minimum absolute atomic E-state index is 0. The van der Waals surface area contributed by atoms with Gasteiger partial charge in [0.15, 0.2) is 5.96 Å². The van der Waals surface area contributed by atoms with Gasteiger partial charge in [-0.15, -0.1) is 24.0 Å². The first-order valence-electron chi connectivity index (χ1n) is 11.5. The predicted molar refractivity (Wildman–Crippen MR) is 134 cm³/mol. The van der Waals surface area contributed by atoms with Gasteiger partial charge in [0, 0.05) is 58.8 Å². The van der Waals surface area contributed by atoms with Crippen molar-refractivity contribution < 1.29 is 14.2 Å². The highest BCUT2D eigenvalue weighted by molar-refractivity contribution is 14.0. The van der Waals surface area contributed by atoms with E-state index in [0.29, 0.717) is 18.6 Å². The molecule has 1 saturated carbocycles. The summed E-state index contributed by atoms with van der Waals surface area (Å²) in [6.07, 6.45) is 11.5. The van der Waals surface area contributed by atoms with Crippen molar-refractivity contribution in [2.45, 2.75) is 64.0 Å². The number of halogens is 1. The molecule has 1 aliphatic carbocycles. The molecule has 2 fully saturated rings. The fourth-order valence-electron chi connectivity index (χ4n) is 3.93. The lowest BCUT2D eigenvalue weighted by atomic mass is 9.98. The molecular weight excluding hydrogens is 507 g/mol. The highest BCUT2D eigenvalue weighted by atomic mass is 127. The van der Waals surface area contributed by atoms with Crippen LogP contribution < -0.4 is 15.4 Å². The second-order valence-corrected chi connectivity index (χ2v) is 8.22. The van der Waals surface area contributed by atoms with Gasteiger partial charge in [-0.25, -0.2) is 4.98 Å². The van der Waals surface area contributed by atoms with Crippen LogP contribution in [-0.4, -0.2) is 57.1 Å². The van der Waals surface area contributed by atoms with Gasteiger partial charge in [0.2, 0.25) is 5.88 Å². The lowest BCUT2D eigenvalue weighted by Gasteiger charge is -2.22. The van der Waals surface area contributed by atoms with Crippen molar-refractivity contribution in [3.8, 4) is 5.88 Å². The van der Waals surface area contributed by atoms with E-state index in [1.54, 1.807) is 7.05 Å². The van der Waals surface area contributed by atoms with Crippen LogP contribution in [0.1, 0.15) is 56.9 Å². The standard InChI is InChI=1S/C23H38N4O3.HI/c1-24-23(26-11-5-13-29-18-19-9-14-28-15-10-19)27-17-20-8-12-25-22(16-20)30-21-6-3-2-4-7-21;/h8,12,16,19,21H,2-7,9-11,13-15,17-18H2,1H3,(H2,24,26,27);1H. The number of aliphatic imine (C=N–C) groups is 1. The van der Waals surface area contributed by atoms with E-state index >= 15 is 0 Å². The minimum atomic E-state index is 0. The van der Waals surface area contributed by atoms with Crippen LogP contribution in [0.4, 0.5) is 0 Å². The summed E-state index contributed by atoms with van der Waals surface area (Å²) >= 11 is 0. The molecule has 8 heteroatoms. The third-order valence-corrected chi connectivity index (χ3v) is 5.77. The molecule has 1 saturated heterocycles. The zero-order chi connectivity index (χ0) is 20.9. The SMILES string of the molecule is CN=C(NCCCOCC1CCOCC1)NCc1ccnc(OC2CCCCC2)c1.I. The van der Waals surface area contributed by atoms with Gasteiger partial charge in [-0.05, 0) is 62.5 Å². The van der Waals surface area contributed by atoms with Crippen LogP contribution in [0, 0.1) is 5.92 Å². The summed E-state index contributed by atoms with van der Waals surface area (Å²) in [7, 11) is 1.79. The van der Waals surface area contributed by atoms with Crippen molar-refractivity contribution in [1.82, 2.24) is 15.6 Å². The number of guanidine groups is 1. The first-order valence-corrected chi connectivity index (χ1v) is 11.5. The smallest absolute Gasteiger partial charge is 0.213 e. The summed E-state index contributed by atoms with van der Waals surface area (Å²) in [5.41, 5.74) is 1.14. The first-order chi connectivity index (χ1) is 14.8. The van der Waals surface area contributed by atoms with Crippen molar-refractivity contribution in [3.63, 3.8) is 0 Å². The predicted octanol–water partition coefficient (Wildman–Crippen LogP) is 3.91. The molecule has 0 amide bonds. The zero-order valence-electron chi connectivity index (χ0n) is 18.8. The number of nitrogens with one attached hydrogen (secondary N) is 2. The molecule has 7 nitrogen and oxygen atoms in total. The Morgan fingerprint density at radius 2 is 1.97 bits per heavy atom. The van der Waals surface area contributed by atoms with Crippen molar-refractivity contribution in [1.29, 1.82) is 0 Å². The molecule has 2 heterocycles. The van der Waals surface area contributed by atoms with E-state index in [9.17, 15) is 0 Å². The number of nitrogens with zero attached hydrogens (tertiary/aromatic N) is 2. The molecule has 0 bridgehead atoms. The van der Waals surface area contributed by atoms with Gasteiger partial charge in [0.05, 0.1) is 0 Å². The van der Waals surface area contributed by atoms with Crippen molar-refractivity contribution in [2.75, 3.05) is 40.0 Å². The molecule has 0 aromatic carbocycles.